The SMILES string of the molecule is NC(=NCc1ccco1)c1ccc2nc(Cc3nc4ccc(C(N)=NCc5ccco5)cc4o3)oc2c1. The van der Waals surface area contributed by atoms with Crippen molar-refractivity contribution < 1.29 is 17.7 Å². The maximum absolute atomic E-state index is 6.15. The van der Waals surface area contributed by atoms with Crippen molar-refractivity contribution in [2.75, 3.05) is 0 Å². The van der Waals surface area contributed by atoms with Gasteiger partial charge in [0.25, 0.3) is 0 Å². The van der Waals surface area contributed by atoms with Crippen LogP contribution in [0.1, 0.15) is 34.4 Å². The van der Waals surface area contributed by atoms with Crippen LogP contribution in [0.15, 0.2) is 101 Å². The lowest BCUT2D eigenvalue weighted by Gasteiger charge is -2.00. The lowest BCUT2D eigenvalue weighted by atomic mass is 10.2. The second-order valence-corrected chi connectivity index (χ2v) is 8.32. The highest BCUT2D eigenvalue weighted by atomic mass is 16.4. The molecule has 0 saturated carbocycles. The third-order valence-electron chi connectivity index (χ3n) is 5.73. The van der Waals surface area contributed by atoms with Crippen LogP contribution in [0.3, 0.4) is 0 Å². The van der Waals surface area contributed by atoms with Crippen LogP contribution in [-0.4, -0.2) is 21.6 Å². The minimum atomic E-state index is 0.290. The van der Waals surface area contributed by atoms with E-state index in [0.29, 0.717) is 58.7 Å². The average Bonchev–Trinajstić information content (AvgIpc) is 3.71. The van der Waals surface area contributed by atoms with Gasteiger partial charge in [-0.15, -0.1) is 0 Å². The number of aromatic nitrogens is 2. The molecular weight excluding hydrogens is 472 g/mol. The van der Waals surface area contributed by atoms with Crippen LogP contribution in [0.2, 0.25) is 0 Å². The molecule has 0 spiro atoms. The number of nitrogens with zero attached hydrogens (tertiary/aromatic N) is 4. The highest BCUT2D eigenvalue weighted by Gasteiger charge is 2.14. The van der Waals surface area contributed by atoms with Gasteiger partial charge < -0.3 is 29.1 Å². The fourth-order valence-corrected chi connectivity index (χ4v) is 3.86. The van der Waals surface area contributed by atoms with Crippen LogP contribution in [0.4, 0.5) is 0 Å². The van der Waals surface area contributed by atoms with Crippen LogP contribution in [0.25, 0.3) is 22.2 Å². The molecule has 0 bridgehead atoms. The fraction of sp³-hybridized carbons (Fsp3) is 0.111. The molecule has 0 atom stereocenters. The number of aliphatic imine (C=N–C) groups is 2. The Morgan fingerprint density at radius 1 is 0.676 bits per heavy atom. The summed E-state index contributed by atoms with van der Waals surface area (Å²) in [6.45, 7) is 0.721. The number of oxazole rings is 2. The lowest BCUT2D eigenvalue weighted by Crippen LogP contribution is -2.13. The topological polar surface area (TPSA) is 155 Å². The zero-order chi connectivity index (χ0) is 25.2. The van der Waals surface area contributed by atoms with Gasteiger partial charge in [0.05, 0.1) is 25.6 Å². The Balaban J connectivity index is 1.18. The van der Waals surface area contributed by atoms with Crippen molar-refractivity contribution in [2.24, 2.45) is 21.5 Å². The summed E-state index contributed by atoms with van der Waals surface area (Å²) < 4.78 is 22.5. The minimum absolute atomic E-state index is 0.290. The maximum atomic E-state index is 6.15. The van der Waals surface area contributed by atoms with E-state index in [1.54, 1.807) is 12.5 Å². The van der Waals surface area contributed by atoms with E-state index >= 15 is 0 Å². The van der Waals surface area contributed by atoms with Crippen LogP contribution in [0, 0.1) is 0 Å². The zero-order valence-electron chi connectivity index (χ0n) is 19.6. The van der Waals surface area contributed by atoms with Gasteiger partial charge in [-0.1, -0.05) is 0 Å². The van der Waals surface area contributed by atoms with Gasteiger partial charge in [-0.3, -0.25) is 9.98 Å². The summed E-state index contributed by atoms with van der Waals surface area (Å²) in [6, 6.07) is 18.3. The van der Waals surface area contributed by atoms with E-state index < -0.39 is 0 Å². The van der Waals surface area contributed by atoms with Gasteiger partial charge in [0.2, 0.25) is 11.8 Å². The van der Waals surface area contributed by atoms with Crippen LogP contribution in [-0.2, 0) is 19.5 Å². The molecule has 10 heteroatoms. The first kappa shape index (κ1) is 22.4. The van der Waals surface area contributed by atoms with Gasteiger partial charge >= 0.3 is 0 Å². The summed E-state index contributed by atoms with van der Waals surface area (Å²) in [5.74, 6) is 3.20. The van der Waals surface area contributed by atoms with Crippen molar-refractivity contribution in [3.05, 3.63) is 108 Å². The number of amidine groups is 2. The first-order valence-electron chi connectivity index (χ1n) is 11.5. The molecule has 4 N–H and O–H groups in total. The summed E-state index contributed by atoms with van der Waals surface area (Å²) in [7, 11) is 0. The Morgan fingerprint density at radius 2 is 1.16 bits per heavy atom. The van der Waals surface area contributed by atoms with Crippen molar-refractivity contribution in [1.29, 1.82) is 0 Å². The third kappa shape index (κ3) is 4.85. The number of rotatable bonds is 8. The van der Waals surface area contributed by atoms with Gasteiger partial charge in [-0.2, -0.15) is 0 Å². The molecule has 0 aliphatic heterocycles. The zero-order valence-corrected chi connectivity index (χ0v) is 19.6. The van der Waals surface area contributed by atoms with E-state index in [2.05, 4.69) is 20.0 Å². The summed E-state index contributed by atoms with van der Waals surface area (Å²) in [6.07, 6.45) is 3.50. The Kier molecular flexibility index (Phi) is 5.74. The molecule has 4 heterocycles. The molecule has 4 aromatic heterocycles. The van der Waals surface area contributed by atoms with Gasteiger partial charge in [0.1, 0.15) is 40.6 Å². The minimum Gasteiger partial charge on any atom is -0.467 e. The van der Waals surface area contributed by atoms with Crippen LogP contribution >= 0.6 is 0 Å². The van der Waals surface area contributed by atoms with E-state index in [9.17, 15) is 0 Å². The summed E-state index contributed by atoms with van der Waals surface area (Å²) in [5.41, 5.74) is 16.4. The Morgan fingerprint density at radius 3 is 1.59 bits per heavy atom. The third-order valence-corrected chi connectivity index (χ3v) is 5.73. The monoisotopic (exact) mass is 494 g/mol. The van der Waals surface area contributed by atoms with Crippen molar-refractivity contribution in [2.45, 2.75) is 19.5 Å². The standard InChI is InChI=1S/C27H22N6O4/c28-26(30-14-18-3-1-9-34-18)16-5-7-20-22(11-16)36-24(32-20)13-25-33-21-8-6-17(12-23(21)37-25)27(29)31-15-19-4-2-10-35-19/h1-12H,13-15H2,(H2,28,30)(H2,29,31). The van der Waals surface area contributed by atoms with E-state index in [1.807, 2.05) is 60.7 Å². The number of fused-ring (bicyclic) bond motifs is 2. The number of benzene rings is 2. The van der Waals surface area contributed by atoms with Crippen molar-refractivity contribution in [1.82, 2.24) is 9.97 Å². The fourth-order valence-electron chi connectivity index (χ4n) is 3.86. The Labute approximate surface area is 210 Å². The van der Waals surface area contributed by atoms with E-state index in [4.69, 9.17) is 29.1 Å². The summed E-state index contributed by atoms with van der Waals surface area (Å²) in [4.78, 5) is 17.9. The van der Waals surface area contributed by atoms with E-state index in [0.717, 1.165) is 22.6 Å². The molecule has 0 aliphatic carbocycles. The van der Waals surface area contributed by atoms with Gasteiger partial charge in [-0.25, -0.2) is 9.97 Å². The molecule has 0 unspecified atom stereocenters. The van der Waals surface area contributed by atoms with Crippen LogP contribution < -0.4 is 11.5 Å². The van der Waals surface area contributed by atoms with E-state index in [-0.39, 0.29) is 6.42 Å². The van der Waals surface area contributed by atoms with Crippen molar-refractivity contribution in [3.8, 4) is 0 Å². The van der Waals surface area contributed by atoms with Crippen molar-refractivity contribution in [3.63, 3.8) is 0 Å². The Bertz CT molecular complexity index is 1600. The quantitative estimate of drug-likeness (QED) is 0.230. The average molecular weight is 495 g/mol. The summed E-state index contributed by atoms with van der Waals surface area (Å²) >= 11 is 0. The predicted molar refractivity (Wildman–Crippen MR) is 137 cm³/mol. The molecule has 0 amide bonds. The first-order chi connectivity index (χ1) is 18.1. The first-order valence-corrected chi connectivity index (χ1v) is 11.5. The molecule has 0 fully saturated rings. The number of hydrogen-bond acceptors (Lipinski definition) is 8. The highest BCUT2D eigenvalue weighted by molar-refractivity contribution is 6.00. The number of nitrogens with two attached hydrogens (primary N) is 2. The molecule has 0 radical (unpaired) electrons. The molecule has 6 aromatic rings. The number of furan rings is 2. The van der Waals surface area contributed by atoms with Gasteiger partial charge in [0.15, 0.2) is 11.2 Å². The summed E-state index contributed by atoms with van der Waals surface area (Å²) in [5, 5.41) is 0. The predicted octanol–water partition coefficient (Wildman–Crippen LogP) is 4.56. The van der Waals surface area contributed by atoms with Crippen molar-refractivity contribution >= 4 is 33.9 Å². The second kappa shape index (κ2) is 9.50. The molecule has 0 aliphatic rings. The molecular formula is C27H22N6O4. The maximum Gasteiger partial charge on any atom is 0.204 e. The molecule has 184 valence electrons. The number of hydrogen-bond donors (Lipinski definition) is 2. The van der Waals surface area contributed by atoms with Crippen LogP contribution in [0.5, 0.6) is 0 Å². The van der Waals surface area contributed by atoms with E-state index in [1.165, 1.54) is 0 Å². The largest absolute Gasteiger partial charge is 0.467 e. The molecule has 37 heavy (non-hydrogen) atoms. The molecule has 2 aromatic carbocycles. The van der Waals surface area contributed by atoms with Gasteiger partial charge in [0, 0.05) is 11.1 Å². The highest BCUT2D eigenvalue weighted by Crippen LogP contribution is 2.22. The molecule has 10 nitrogen and oxygen atoms in total. The molecule has 6 rings (SSSR count). The normalized spacial score (nSPS) is 12.6. The second-order valence-electron chi connectivity index (χ2n) is 8.32. The lowest BCUT2D eigenvalue weighted by molar-refractivity contribution is 0.488. The Hall–Kier alpha value is -5.12. The molecule has 0 saturated heterocycles. The van der Waals surface area contributed by atoms with Gasteiger partial charge in [-0.05, 0) is 60.7 Å². The smallest absolute Gasteiger partial charge is 0.204 e.